The Kier molecular flexibility index (Phi) is 6.44. The highest BCUT2D eigenvalue weighted by atomic mass is 16.1. The van der Waals surface area contributed by atoms with Crippen molar-refractivity contribution >= 4 is 38.1 Å². The molecule has 0 aliphatic heterocycles. The topological polar surface area (TPSA) is 17.1 Å². The summed E-state index contributed by atoms with van der Waals surface area (Å²) in [5, 5.41) is 8.37. The third-order valence-corrected chi connectivity index (χ3v) is 6.34. The zero-order valence-corrected chi connectivity index (χ0v) is 17.7. The highest BCUT2D eigenvalue weighted by Gasteiger charge is 2.10. The fraction of sp³-hybridized carbons (Fsp3) is 0.393. The summed E-state index contributed by atoms with van der Waals surface area (Å²) in [6, 6.07) is 20.4. The summed E-state index contributed by atoms with van der Waals surface area (Å²) >= 11 is 0. The molecule has 4 aromatic carbocycles. The predicted octanol–water partition coefficient (Wildman–Crippen LogP) is 8.23. The maximum atomic E-state index is 10.9. The first-order valence-corrected chi connectivity index (χ1v) is 11.4. The largest absolute Gasteiger partial charge is 0.300 e. The number of carbonyl (C=O) groups is 1. The monoisotopic (exact) mass is 384 g/mol. The quantitative estimate of drug-likeness (QED) is 0.188. The van der Waals surface area contributed by atoms with Crippen LogP contribution < -0.4 is 0 Å². The Morgan fingerprint density at radius 3 is 1.86 bits per heavy atom. The Bertz CT molecular complexity index is 1080. The normalized spacial score (nSPS) is 11.8. The third-order valence-electron chi connectivity index (χ3n) is 6.34. The smallest absolute Gasteiger partial charge is 0.129 e. The molecule has 4 aromatic rings. The van der Waals surface area contributed by atoms with Crippen molar-refractivity contribution in [1.82, 2.24) is 0 Å². The number of hydrogen-bond donors (Lipinski definition) is 0. The first kappa shape index (κ1) is 19.9. The zero-order valence-electron chi connectivity index (χ0n) is 17.7. The van der Waals surface area contributed by atoms with Gasteiger partial charge in [-0.15, -0.1) is 0 Å². The number of aryl methyl sites for hydroxylation is 1. The maximum absolute atomic E-state index is 10.9. The van der Waals surface area contributed by atoms with Gasteiger partial charge in [0, 0.05) is 6.42 Å². The summed E-state index contributed by atoms with van der Waals surface area (Å²) in [5.74, 6) is 0.330. The minimum atomic E-state index is 0.330. The van der Waals surface area contributed by atoms with Crippen LogP contribution in [0.5, 0.6) is 0 Å². The molecule has 0 bridgehead atoms. The predicted molar refractivity (Wildman–Crippen MR) is 126 cm³/mol. The third kappa shape index (κ3) is 4.61. The summed E-state index contributed by atoms with van der Waals surface area (Å²) in [7, 11) is 0. The van der Waals surface area contributed by atoms with Gasteiger partial charge in [-0.1, -0.05) is 93.1 Å². The molecular formula is C28H32O. The van der Waals surface area contributed by atoms with E-state index in [2.05, 4.69) is 54.6 Å². The lowest BCUT2D eigenvalue weighted by Crippen LogP contribution is -1.91. The van der Waals surface area contributed by atoms with E-state index in [-0.39, 0.29) is 0 Å². The Morgan fingerprint density at radius 1 is 0.621 bits per heavy atom. The van der Waals surface area contributed by atoms with Gasteiger partial charge in [0.05, 0.1) is 0 Å². The second kappa shape index (κ2) is 9.39. The maximum Gasteiger partial charge on any atom is 0.129 e. The van der Waals surface area contributed by atoms with Gasteiger partial charge >= 0.3 is 0 Å². The minimum Gasteiger partial charge on any atom is -0.300 e. The molecule has 0 N–H and O–H groups in total. The number of ketones is 1. The van der Waals surface area contributed by atoms with Crippen LogP contribution in [0.25, 0.3) is 32.3 Å². The molecule has 0 radical (unpaired) electrons. The molecule has 1 nitrogen and oxygen atoms in total. The van der Waals surface area contributed by atoms with Crippen LogP contribution in [0.2, 0.25) is 0 Å². The number of Topliss-reactive ketones (excluding diaryl/α,β-unsaturated/α-hetero) is 1. The van der Waals surface area contributed by atoms with Crippen molar-refractivity contribution in [3.8, 4) is 0 Å². The fourth-order valence-corrected chi connectivity index (χ4v) is 4.76. The standard InChI is InChI=1S/C28H32O/c1-21(29)11-8-6-4-2-3-5-7-9-12-22-15-16-25-18-17-23-13-10-14-24-19-20-26(22)28(25)27(23)24/h10,13-20H,2-9,11-12H2,1H3. The molecule has 0 aromatic heterocycles. The van der Waals surface area contributed by atoms with Crippen molar-refractivity contribution in [3.63, 3.8) is 0 Å². The van der Waals surface area contributed by atoms with E-state index in [1.165, 1.54) is 89.2 Å². The van der Waals surface area contributed by atoms with E-state index in [1.807, 2.05) is 0 Å². The minimum absolute atomic E-state index is 0.330. The van der Waals surface area contributed by atoms with E-state index in [0.29, 0.717) is 5.78 Å². The average molecular weight is 385 g/mol. The van der Waals surface area contributed by atoms with Crippen molar-refractivity contribution in [1.29, 1.82) is 0 Å². The van der Waals surface area contributed by atoms with Gasteiger partial charge in [-0.3, -0.25) is 0 Å². The Hall–Kier alpha value is -2.41. The van der Waals surface area contributed by atoms with Crippen LogP contribution in [-0.4, -0.2) is 5.78 Å². The van der Waals surface area contributed by atoms with Crippen LogP contribution in [0, 0.1) is 0 Å². The van der Waals surface area contributed by atoms with Crippen LogP contribution in [0.15, 0.2) is 54.6 Å². The Labute approximate surface area is 174 Å². The number of rotatable bonds is 11. The highest BCUT2D eigenvalue weighted by molar-refractivity contribution is 6.23. The molecule has 0 amide bonds. The number of carbonyl (C=O) groups excluding carboxylic acids is 1. The molecule has 4 rings (SSSR count). The summed E-state index contributed by atoms with van der Waals surface area (Å²) < 4.78 is 0. The second-order valence-electron chi connectivity index (χ2n) is 8.61. The second-order valence-corrected chi connectivity index (χ2v) is 8.61. The van der Waals surface area contributed by atoms with Crippen LogP contribution in [0.1, 0.15) is 70.3 Å². The molecule has 1 heteroatoms. The number of hydrogen-bond acceptors (Lipinski definition) is 1. The highest BCUT2D eigenvalue weighted by Crippen LogP contribution is 2.36. The van der Waals surface area contributed by atoms with Crippen LogP contribution >= 0.6 is 0 Å². The Morgan fingerprint density at radius 2 is 1.17 bits per heavy atom. The molecule has 0 saturated heterocycles. The fourth-order valence-electron chi connectivity index (χ4n) is 4.76. The molecule has 150 valence electrons. The Balaban J connectivity index is 1.32. The van der Waals surface area contributed by atoms with Crippen LogP contribution in [0.3, 0.4) is 0 Å². The van der Waals surface area contributed by atoms with E-state index in [1.54, 1.807) is 6.92 Å². The van der Waals surface area contributed by atoms with E-state index >= 15 is 0 Å². The van der Waals surface area contributed by atoms with Gasteiger partial charge in [0.2, 0.25) is 0 Å². The molecule has 0 heterocycles. The number of benzene rings is 4. The van der Waals surface area contributed by atoms with E-state index < -0.39 is 0 Å². The molecule has 0 unspecified atom stereocenters. The lowest BCUT2D eigenvalue weighted by atomic mass is 9.90. The van der Waals surface area contributed by atoms with Gasteiger partial charge in [0.15, 0.2) is 0 Å². The number of unbranched alkanes of at least 4 members (excludes halogenated alkanes) is 7. The summed E-state index contributed by atoms with van der Waals surface area (Å²) in [6.45, 7) is 1.70. The van der Waals surface area contributed by atoms with Crippen molar-refractivity contribution < 1.29 is 4.79 Å². The van der Waals surface area contributed by atoms with Crippen molar-refractivity contribution in [2.75, 3.05) is 0 Å². The van der Waals surface area contributed by atoms with Crippen molar-refractivity contribution in [2.45, 2.75) is 71.1 Å². The summed E-state index contributed by atoms with van der Waals surface area (Å²) in [5.41, 5.74) is 1.50. The van der Waals surface area contributed by atoms with Gasteiger partial charge < -0.3 is 4.79 Å². The molecule has 0 aliphatic rings. The molecule has 0 saturated carbocycles. The van der Waals surface area contributed by atoms with Gasteiger partial charge in [-0.25, -0.2) is 0 Å². The molecule has 0 aliphatic carbocycles. The zero-order chi connectivity index (χ0) is 20.1. The first-order valence-electron chi connectivity index (χ1n) is 11.4. The SMILES string of the molecule is CC(=O)CCCCCCCCCCc1ccc2ccc3cccc4ccc1c2c34. The van der Waals surface area contributed by atoms with Crippen LogP contribution in [0.4, 0.5) is 0 Å². The van der Waals surface area contributed by atoms with Crippen molar-refractivity contribution in [3.05, 3.63) is 60.2 Å². The van der Waals surface area contributed by atoms with Crippen molar-refractivity contribution in [2.24, 2.45) is 0 Å². The first-order chi connectivity index (χ1) is 14.2. The lowest BCUT2D eigenvalue weighted by molar-refractivity contribution is -0.117. The molecule has 0 spiro atoms. The molecular weight excluding hydrogens is 352 g/mol. The van der Waals surface area contributed by atoms with E-state index in [0.717, 1.165) is 12.8 Å². The van der Waals surface area contributed by atoms with Gasteiger partial charge in [-0.05, 0) is 64.1 Å². The van der Waals surface area contributed by atoms with Gasteiger partial charge in [0.1, 0.15) is 5.78 Å². The average Bonchev–Trinajstić information content (AvgIpc) is 2.73. The summed E-state index contributed by atoms with van der Waals surface area (Å²) in [6.07, 6.45) is 12.1. The lowest BCUT2D eigenvalue weighted by Gasteiger charge is -2.14. The van der Waals surface area contributed by atoms with E-state index in [4.69, 9.17) is 0 Å². The van der Waals surface area contributed by atoms with Gasteiger partial charge in [0.25, 0.3) is 0 Å². The van der Waals surface area contributed by atoms with E-state index in [9.17, 15) is 4.79 Å². The molecule has 0 atom stereocenters. The summed E-state index contributed by atoms with van der Waals surface area (Å²) in [4.78, 5) is 10.9. The molecule has 0 fully saturated rings. The van der Waals surface area contributed by atoms with Crippen LogP contribution in [-0.2, 0) is 11.2 Å². The molecule has 29 heavy (non-hydrogen) atoms. The van der Waals surface area contributed by atoms with Gasteiger partial charge in [-0.2, -0.15) is 0 Å².